The Morgan fingerprint density at radius 2 is 1.48 bits per heavy atom. The molecule has 0 radical (unpaired) electrons. The first-order valence-electron chi connectivity index (χ1n) is 9.41. The molecular formula is C20H30N2O6S. The standard InChI is InChI=1S/C20H30N2O6S/c1-13(2)17-19(26-4)22-18(20(21-17)27-5)16(11-12-28-29(6,23)24)14-7-9-15(25-3)10-8-14/h7-10,13,16-18H,11-12H2,1-6H3/t16-,17-,18+/m1/s1. The van der Waals surface area contributed by atoms with E-state index in [-0.39, 0.29) is 24.5 Å². The van der Waals surface area contributed by atoms with Crippen molar-refractivity contribution in [2.24, 2.45) is 15.9 Å². The van der Waals surface area contributed by atoms with Gasteiger partial charge in [0.05, 0.1) is 34.2 Å². The summed E-state index contributed by atoms with van der Waals surface area (Å²) in [6.07, 6.45) is 1.44. The molecule has 0 saturated heterocycles. The molecule has 0 aromatic heterocycles. The highest BCUT2D eigenvalue weighted by Gasteiger charge is 2.36. The first-order valence-corrected chi connectivity index (χ1v) is 11.2. The Hall–Kier alpha value is -2.13. The summed E-state index contributed by atoms with van der Waals surface area (Å²) < 4.78 is 44.1. The van der Waals surface area contributed by atoms with Crippen molar-refractivity contribution in [3.05, 3.63) is 29.8 Å². The van der Waals surface area contributed by atoms with Gasteiger partial charge in [0.2, 0.25) is 11.8 Å². The van der Waals surface area contributed by atoms with Crippen molar-refractivity contribution in [3.8, 4) is 5.75 Å². The van der Waals surface area contributed by atoms with Crippen molar-refractivity contribution in [3.63, 3.8) is 0 Å². The summed E-state index contributed by atoms with van der Waals surface area (Å²) in [5.41, 5.74) is 0.944. The monoisotopic (exact) mass is 426 g/mol. The third-order valence-electron chi connectivity index (χ3n) is 4.74. The molecule has 1 aliphatic rings. The van der Waals surface area contributed by atoms with E-state index in [1.807, 2.05) is 38.1 Å². The zero-order chi connectivity index (χ0) is 21.6. The molecular weight excluding hydrogens is 396 g/mol. The van der Waals surface area contributed by atoms with E-state index in [2.05, 4.69) is 0 Å². The lowest BCUT2D eigenvalue weighted by molar-refractivity contribution is 0.286. The summed E-state index contributed by atoms with van der Waals surface area (Å²) in [5, 5.41) is 0. The number of nitrogens with zero attached hydrogens (tertiary/aromatic N) is 2. The second-order valence-corrected chi connectivity index (χ2v) is 8.81. The summed E-state index contributed by atoms with van der Waals surface area (Å²) in [6, 6.07) is 6.87. The van der Waals surface area contributed by atoms with Crippen molar-refractivity contribution in [1.29, 1.82) is 0 Å². The van der Waals surface area contributed by atoms with Crippen molar-refractivity contribution in [2.75, 3.05) is 34.2 Å². The number of benzene rings is 1. The van der Waals surface area contributed by atoms with Crippen LogP contribution in [0.4, 0.5) is 0 Å². The molecule has 0 spiro atoms. The number of methoxy groups -OCH3 is 3. The lowest BCUT2D eigenvalue weighted by Crippen LogP contribution is -2.40. The molecule has 1 aromatic carbocycles. The van der Waals surface area contributed by atoms with Gasteiger partial charge >= 0.3 is 0 Å². The predicted molar refractivity (Wildman–Crippen MR) is 112 cm³/mol. The largest absolute Gasteiger partial charge is 0.497 e. The predicted octanol–water partition coefficient (Wildman–Crippen LogP) is 2.64. The van der Waals surface area contributed by atoms with E-state index in [0.29, 0.717) is 18.2 Å². The molecule has 9 heteroatoms. The molecule has 0 saturated carbocycles. The molecule has 0 unspecified atom stereocenters. The smallest absolute Gasteiger partial charge is 0.264 e. The van der Waals surface area contributed by atoms with Gasteiger partial charge in [0.1, 0.15) is 17.8 Å². The van der Waals surface area contributed by atoms with Gasteiger partial charge in [-0.2, -0.15) is 8.42 Å². The van der Waals surface area contributed by atoms with Crippen molar-refractivity contribution in [2.45, 2.75) is 38.3 Å². The van der Waals surface area contributed by atoms with Crippen LogP contribution < -0.4 is 4.74 Å². The second kappa shape index (κ2) is 10.1. The maximum absolute atomic E-state index is 11.4. The van der Waals surface area contributed by atoms with E-state index < -0.39 is 16.2 Å². The van der Waals surface area contributed by atoms with Gasteiger partial charge in [-0.05, 0) is 30.0 Å². The van der Waals surface area contributed by atoms with Gasteiger partial charge in [0, 0.05) is 5.92 Å². The van der Waals surface area contributed by atoms with Crippen LogP contribution in [-0.4, -0.2) is 66.5 Å². The minimum Gasteiger partial charge on any atom is -0.497 e. The third kappa shape index (κ3) is 6.17. The summed E-state index contributed by atoms with van der Waals surface area (Å²) in [7, 11) is 1.20. The molecule has 1 aromatic rings. The summed E-state index contributed by atoms with van der Waals surface area (Å²) in [4.78, 5) is 9.52. The highest BCUT2D eigenvalue weighted by molar-refractivity contribution is 7.85. The number of hydrogen-bond donors (Lipinski definition) is 0. The first-order chi connectivity index (χ1) is 13.7. The van der Waals surface area contributed by atoms with E-state index in [9.17, 15) is 8.42 Å². The van der Waals surface area contributed by atoms with E-state index >= 15 is 0 Å². The van der Waals surface area contributed by atoms with Crippen LogP contribution in [0.2, 0.25) is 0 Å². The minimum absolute atomic E-state index is 0.0223. The summed E-state index contributed by atoms with van der Waals surface area (Å²) in [5.74, 6) is 1.72. The summed E-state index contributed by atoms with van der Waals surface area (Å²) >= 11 is 0. The van der Waals surface area contributed by atoms with Gasteiger partial charge in [0.25, 0.3) is 10.1 Å². The van der Waals surface area contributed by atoms with Crippen LogP contribution in [-0.2, 0) is 23.8 Å². The minimum atomic E-state index is -3.54. The normalized spacial score (nSPS) is 20.7. The van der Waals surface area contributed by atoms with Crippen molar-refractivity contribution < 1.29 is 26.8 Å². The Kier molecular flexibility index (Phi) is 8.04. The van der Waals surface area contributed by atoms with Crippen LogP contribution >= 0.6 is 0 Å². The molecule has 0 amide bonds. The fourth-order valence-corrected chi connectivity index (χ4v) is 3.66. The molecule has 162 valence electrons. The fraction of sp³-hybridized carbons (Fsp3) is 0.600. The highest BCUT2D eigenvalue weighted by atomic mass is 32.2. The van der Waals surface area contributed by atoms with Gasteiger partial charge < -0.3 is 14.2 Å². The first kappa shape index (κ1) is 23.2. The zero-order valence-corrected chi connectivity index (χ0v) is 18.6. The Labute approximate surface area is 173 Å². The summed E-state index contributed by atoms with van der Waals surface area (Å²) in [6.45, 7) is 4.10. The average Bonchev–Trinajstić information content (AvgIpc) is 2.69. The SMILES string of the molecule is COC1=N[C@H](C(C)C)C(OC)=N[C@H]1[C@H](CCOS(C)(=O)=O)c1ccc(OC)cc1. The van der Waals surface area contributed by atoms with Gasteiger partial charge in [0.15, 0.2) is 0 Å². The molecule has 3 atom stereocenters. The van der Waals surface area contributed by atoms with Crippen LogP contribution in [0.3, 0.4) is 0 Å². The Morgan fingerprint density at radius 3 is 1.97 bits per heavy atom. The highest BCUT2D eigenvalue weighted by Crippen LogP contribution is 2.32. The number of ether oxygens (including phenoxy) is 3. The number of rotatable bonds is 8. The third-order valence-corrected chi connectivity index (χ3v) is 5.33. The molecule has 0 bridgehead atoms. The Balaban J connectivity index is 2.41. The fourth-order valence-electron chi connectivity index (χ4n) is 3.26. The van der Waals surface area contributed by atoms with Crippen LogP contribution in [0.5, 0.6) is 5.75 Å². The lowest BCUT2D eigenvalue weighted by atomic mass is 9.87. The number of aliphatic imine (C=N–C) groups is 2. The molecule has 29 heavy (non-hydrogen) atoms. The van der Waals surface area contributed by atoms with Crippen LogP contribution in [0.25, 0.3) is 0 Å². The van der Waals surface area contributed by atoms with E-state index in [1.54, 1.807) is 21.3 Å². The van der Waals surface area contributed by atoms with Gasteiger partial charge in [-0.25, -0.2) is 9.98 Å². The van der Waals surface area contributed by atoms with Crippen molar-refractivity contribution >= 4 is 21.9 Å². The molecule has 1 aliphatic heterocycles. The van der Waals surface area contributed by atoms with Crippen LogP contribution in [0.15, 0.2) is 34.3 Å². The Morgan fingerprint density at radius 1 is 0.931 bits per heavy atom. The van der Waals surface area contributed by atoms with E-state index in [0.717, 1.165) is 17.6 Å². The van der Waals surface area contributed by atoms with E-state index in [4.69, 9.17) is 28.4 Å². The second-order valence-electron chi connectivity index (χ2n) is 7.17. The Bertz CT molecular complexity index is 833. The number of hydrogen-bond acceptors (Lipinski definition) is 8. The zero-order valence-electron chi connectivity index (χ0n) is 17.8. The lowest BCUT2D eigenvalue weighted by Gasteiger charge is -2.31. The molecule has 0 fully saturated rings. The van der Waals surface area contributed by atoms with Crippen LogP contribution in [0, 0.1) is 5.92 Å². The maximum Gasteiger partial charge on any atom is 0.264 e. The van der Waals surface area contributed by atoms with Gasteiger partial charge in [-0.3, -0.25) is 4.18 Å². The van der Waals surface area contributed by atoms with Gasteiger partial charge in [-0.15, -0.1) is 0 Å². The quantitative estimate of drug-likeness (QED) is 0.593. The molecule has 1 heterocycles. The molecule has 8 nitrogen and oxygen atoms in total. The molecule has 0 aliphatic carbocycles. The average molecular weight is 427 g/mol. The topological polar surface area (TPSA) is 95.8 Å². The van der Waals surface area contributed by atoms with Gasteiger partial charge in [-0.1, -0.05) is 26.0 Å². The van der Waals surface area contributed by atoms with E-state index in [1.165, 1.54) is 0 Å². The molecule has 2 rings (SSSR count). The molecule has 0 N–H and O–H groups in total. The maximum atomic E-state index is 11.4. The van der Waals surface area contributed by atoms with Crippen LogP contribution in [0.1, 0.15) is 31.7 Å². The van der Waals surface area contributed by atoms with Crippen molar-refractivity contribution in [1.82, 2.24) is 0 Å².